The summed E-state index contributed by atoms with van der Waals surface area (Å²) >= 11 is 0. The number of nitro benzene ring substituents is 1. The number of hydrogen-bond acceptors (Lipinski definition) is 7. The summed E-state index contributed by atoms with van der Waals surface area (Å²) in [7, 11) is 0. The lowest BCUT2D eigenvalue weighted by Crippen LogP contribution is -2.58. The number of aliphatic imine (C=N–C) groups is 1. The van der Waals surface area contributed by atoms with E-state index in [1.54, 1.807) is 0 Å². The third kappa shape index (κ3) is 10.8. The van der Waals surface area contributed by atoms with E-state index in [4.69, 9.17) is 17.2 Å². The highest BCUT2D eigenvalue weighted by Crippen LogP contribution is 2.20. The van der Waals surface area contributed by atoms with Crippen molar-refractivity contribution in [1.82, 2.24) is 10.2 Å². The monoisotopic (exact) mass is 624 g/mol. The van der Waals surface area contributed by atoms with Crippen molar-refractivity contribution in [2.45, 2.75) is 56.7 Å². The molecule has 2 aromatic rings. The first-order chi connectivity index (χ1) is 19.2. The van der Waals surface area contributed by atoms with Crippen LogP contribution in [0.3, 0.4) is 0 Å². The normalized spacial score (nSPS) is 15.5. The average Bonchev–Trinajstić information content (AvgIpc) is 2.94. The molecule has 1 heterocycles. The molecule has 15 heteroatoms. The zero-order valence-electron chi connectivity index (χ0n) is 23.0. The Labute approximate surface area is 256 Å². The molecule has 3 unspecified atom stereocenters. The van der Waals surface area contributed by atoms with Crippen LogP contribution in [0.15, 0.2) is 59.6 Å². The summed E-state index contributed by atoms with van der Waals surface area (Å²) < 4.78 is 0. The van der Waals surface area contributed by atoms with Gasteiger partial charge in [-0.15, -0.1) is 24.8 Å². The average molecular weight is 626 g/mol. The number of hydrogen-bond donors (Lipinski definition) is 5. The molecule has 1 fully saturated rings. The fourth-order valence-electron chi connectivity index (χ4n) is 4.57. The van der Waals surface area contributed by atoms with E-state index < -0.39 is 34.9 Å². The molecule has 3 atom stereocenters. The van der Waals surface area contributed by atoms with Crippen LogP contribution < -0.4 is 27.8 Å². The molecule has 1 aliphatic rings. The number of nitrogens with two attached hydrogens (primary N) is 3. The Balaban J connectivity index is 0.00000441. The summed E-state index contributed by atoms with van der Waals surface area (Å²) in [6.45, 7) is 0.644. The molecule has 0 spiro atoms. The molecular formula is C27H38Cl2N8O5. The molecule has 1 saturated heterocycles. The number of rotatable bonds is 12. The number of nitro groups is 1. The smallest absolute Gasteiger partial charge is 0.269 e. The molecule has 0 bridgehead atoms. The predicted octanol–water partition coefficient (Wildman–Crippen LogP) is 1.87. The third-order valence-electron chi connectivity index (χ3n) is 6.63. The van der Waals surface area contributed by atoms with E-state index in [2.05, 4.69) is 15.6 Å². The van der Waals surface area contributed by atoms with Gasteiger partial charge in [-0.25, -0.2) is 0 Å². The maximum atomic E-state index is 13.5. The SMILES string of the molecule is Cl.Cl.NC(N)=NCCCC(NC(=O)C1CCCCN1C(=O)C(N)Cc1ccccc1)C(=O)Nc1ccc([N+](=O)[O-])cc1. The van der Waals surface area contributed by atoms with Crippen LogP contribution in [0.25, 0.3) is 0 Å². The van der Waals surface area contributed by atoms with Gasteiger partial charge >= 0.3 is 0 Å². The minimum absolute atomic E-state index is 0. The Hall–Kier alpha value is -3.94. The van der Waals surface area contributed by atoms with Crippen LogP contribution >= 0.6 is 24.8 Å². The third-order valence-corrected chi connectivity index (χ3v) is 6.63. The number of guanidine groups is 1. The number of nitrogens with zero attached hydrogens (tertiary/aromatic N) is 3. The first-order valence-electron chi connectivity index (χ1n) is 13.2. The molecule has 2 aromatic carbocycles. The van der Waals surface area contributed by atoms with Crippen LogP contribution in [0.4, 0.5) is 11.4 Å². The number of carbonyl (C=O) groups excluding carboxylic acids is 3. The van der Waals surface area contributed by atoms with Crippen LogP contribution in [0, 0.1) is 10.1 Å². The van der Waals surface area contributed by atoms with Gasteiger partial charge < -0.3 is 32.7 Å². The van der Waals surface area contributed by atoms with Gasteiger partial charge in [0.05, 0.1) is 11.0 Å². The number of anilines is 1. The van der Waals surface area contributed by atoms with Gasteiger partial charge in [-0.3, -0.25) is 29.5 Å². The van der Waals surface area contributed by atoms with Crippen molar-refractivity contribution in [3.8, 4) is 0 Å². The Morgan fingerprint density at radius 2 is 1.71 bits per heavy atom. The van der Waals surface area contributed by atoms with E-state index >= 15 is 0 Å². The van der Waals surface area contributed by atoms with E-state index in [1.807, 2.05) is 30.3 Å². The molecule has 8 N–H and O–H groups in total. The zero-order chi connectivity index (χ0) is 29.1. The highest BCUT2D eigenvalue weighted by Gasteiger charge is 2.36. The molecule has 0 aromatic heterocycles. The first-order valence-corrected chi connectivity index (χ1v) is 13.2. The van der Waals surface area contributed by atoms with Crippen molar-refractivity contribution in [3.05, 3.63) is 70.3 Å². The molecule has 0 aliphatic carbocycles. The number of amides is 3. The van der Waals surface area contributed by atoms with Gasteiger partial charge in [0.25, 0.3) is 5.69 Å². The van der Waals surface area contributed by atoms with Crippen molar-refractivity contribution >= 4 is 59.9 Å². The van der Waals surface area contributed by atoms with Gasteiger partial charge in [-0.05, 0) is 56.2 Å². The van der Waals surface area contributed by atoms with Crippen molar-refractivity contribution in [2.75, 3.05) is 18.4 Å². The minimum Gasteiger partial charge on any atom is -0.370 e. The Morgan fingerprint density at radius 1 is 1.05 bits per heavy atom. The summed E-state index contributed by atoms with van der Waals surface area (Å²) in [6.07, 6.45) is 2.90. The number of likely N-dealkylation sites (tertiary alicyclic amines) is 1. The second-order valence-electron chi connectivity index (χ2n) is 9.64. The van der Waals surface area contributed by atoms with Gasteiger partial charge in [0.2, 0.25) is 17.7 Å². The lowest BCUT2D eigenvalue weighted by atomic mass is 9.98. The number of non-ortho nitro benzene ring substituents is 1. The Kier molecular flexibility index (Phi) is 15.3. The van der Waals surface area contributed by atoms with E-state index in [0.29, 0.717) is 31.5 Å². The molecule has 3 amide bonds. The quantitative estimate of drug-likeness (QED) is 0.0770. The first kappa shape index (κ1) is 36.1. The molecular weight excluding hydrogens is 587 g/mol. The van der Waals surface area contributed by atoms with Gasteiger partial charge in [0, 0.05) is 30.9 Å². The zero-order valence-corrected chi connectivity index (χ0v) is 24.6. The van der Waals surface area contributed by atoms with Crippen molar-refractivity contribution < 1.29 is 19.3 Å². The molecule has 42 heavy (non-hydrogen) atoms. The molecule has 230 valence electrons. The molecule has 0 radical (unpaired) electrons. The van der Waals surface area contributed by atoms with Gasteiger partial charge in [-0.2, -0.15) is 0 Å². The van der Waals surface area contributed by atoms with Crippen LogP contribution in [0.1, 0.15) is 37.7 Å². The van der Waals surface area contributed by atoms with E-state index in [0.717, 1.165) is 18.4 Å². The topological polar surface area (TPSA) is 212 Å². The maximum Gasteiger partial charge on any atom is 0.269 e. The van der Waals surface area contributed by atoms with Crippen molar-refractivity contribution in [2.24, 2.45) is 22.2 Å². The number of halogens is 2. The van der Waals surface area contributed by atoms with E-state index in [-0.39, 0.29) is 55.3 Å². The van der Waals surface area contributed by atoms with Gasteiger partial charge in [0.1, 0.15) is 12.1 Å². The summed E-state index contributed by atoms with van der Waals surface area (Å²) in [4.78, 5) is 55.7. The van der Waals surface area contributed by atoms with E-state index in [9.17, 15) is 24.5 Å². The van der Waals surface area contributed by atoms with E-state index in [1.165, 1.54) is 29.2 Å². The lowest BCUT2D eigenvalue weighted by molar-refractivity contribution is -0.384. The fourth-order valence-corrected chi connectivity index (χ4v) is 4.57. The standard InChI is InChI=1S/C27H36N8O5.2ClH/c28-21(17-18-7-2-1-3-8-18)26(38)34-16-5-4-10-23(34)25(37)33-22(9-6-15-31-27(29)30)24(36)32-19-11-13-20(14-12-19)35(39)40;;/h1-3,7-8,11-14,21-23H,4-6,9-10,15-17,28H2,(H,32,36)(H,33,37)(H4,29,30,31);2*1H. The van der Waals surface area contributed by atoms with Crippen molar-refractivity contribution in [1.29, 1.82) is 0 Å². The van der Waals surface area contributed by atoms with Crippen LogP contribution in [0.5, 0.6) is 0 Å². The number of carbonyl (C=O) groups is 3. The number of nitrogens with one attached hydrogen (secondary N) is 2. The van der Waals surface area contributed by atoms with Crippen LogP contribution in [-0.2, 0) is 20.8 Å². The molecule has 3 rings (SSSR count). The molecule has 0 saturated carbocycles. The maximum absolute atomic E-state index is 13.5. The molecule has 1 aliphatic heterocycles. The van der Waals surface area contributed by atoms with Crippen LogP contribution in [0.2, 0.25) is 0 Å². The Morgan fingerprint density at radius 3 is 2.33 bits per heavy atom. The van der Waals surface area contributed by atoms with Gasteiger partial charge in [-0.1, -0.05) is 30.3 Å². The largest absolute Gasteiger partial charge is 0.370 e. The summed E-state index contributed by atoms with van der Waals surface area (Å²) in [5.41, 5.74) is 18.2. The highest BCUT2D eigenvalue weighted by atomic mass is 35.5. The van der Waals surface area contributed by atoms with Gasteiger partial charge in [0.15, 0.2) is 5.96 Å². The van der Waals surface area contributed by atoms with Crippen molar-refractivity contribution in [3.63, 3.8) is 0 Å². The highest BCUT2D eigenvalue weighted by molar-refractivity contribution is 5.98. The Bertz CT molecular complexity index is 1210. The summed E-state index contributed by atoms with van der Waals surface area (Å²) in [5, 5.41) is 16.4. The molecule has 13 nitrogen and oxygen atoms in total. The number of benzene rings is 2. The number of piperidine rings is 1. The van der Waals surface area contributed by atoms with Crippen LogP contribution in [-0.4, -0.2) is 64.7 Å². The second kappa shape index (κ2) is 17.8. The second-order valence-corrected chi connectivity index (χ2v) is 9.64. The lowest BCUT2D eigenvalue weighted by Gasteiger charge is -2.37. The fraction of sp³-hybridized carbons (Fsp3) is 0.407. The summed E-state index contributed by atoms with van der Waals surface area (Å²) in [5.74, 6) is -1.37. The predicted molar refractivity (Wildman–Crippen MR) is 166 cm³/mol. The minimum atomic E-state index is -0.964. The summed E-state index contributed by atoms with van der Waals surface area (Å²) in [6, 6.07) is 12.2.